The van der Waals surface area contributed by atoms with Gasteiger partial charge in [-0.3, -0.25) is 19.5 Å². The molecule has 2 aromatic carbocycles. The van der Waals surface area contributed by atoms with Crippen molar-refractivity contribution >= 4 is 28.2 Å². The Morgan fingerprint density at radius 1 is 1.23 bits per heavy atom. The number of hydrogen-bond acceptors (Lipinski definition) is 4. The predicted molar refractivity (Wildman–Crippen MR) is 83.2 cm³/mol. The third kappa shape index (κ3) is 2.56. The Morgan fingerprint density at radius 2 is 2.00 bits per heavy atom. The van der Waals surface area contributed by atoms with Crippen molar-refractivity contribution in [1.29, 1.82) is 0 Å². The Bertz CT molecular complexity index is 937. The van der Waals surface area contributed by atoms with Crippen molar-refractivity contribution in [2.24, 2.45) is 0 Å². The molecule has 0 fully saturated rings. The molecule has 0 atom stereocenters. The molecule has 0 radical (unpaired) electrons. The highest BCUT2D eigenvalue weighted by molar-refractivity contribution is 6.31. The van der Waals surface area contributed by atoms with E-state index in [9.17, 15) is 14.9 Å². The minimum Gasteiger partial charge on any atom is -0.294 e. The summed E-state index contributed by atoms with van der Waals surface area (Å²) in [4.78, 5) is 27.2. The number of fused-ring (bicyclic) bond motifs is 1. The fourth-order valence-electron chi connectivity index (χ4n) is 2.25. The topological polar surface area (TPSA) is 78.0 Å². The van der Waals surface area contributed by atoms with Crippen molar-refractivity contribution in [2.45, 2.75) is 6.54 Å². The molecule has 110 valence electrons. The molecule has 0 bridgehead atoms. The molecule has 0 saturated carbocycles. The van der Waals surface area contributed by atoms with Crippen molar-refractivity contribution < 1.29 is 4.92 Å². The summed E-state index contributed by atoms with van der Waals surface area (Å²) in [5.74, 6) is 0. The first-order valence-corrected chi connectivity index (χ1v) is 6.81. The summed E-state index contributed by atoms with van der Waals surface area (Å²) in [5, 5.41) is 12.0. The van der Waals surface area contributed by atoms with Crippen LogP contribution in [0.4, 0.5) is 5.69 Å². The van der Waals surface area contributed by atoms with Crippen molar-refractivity contribution in [3.63, 3.8) is 0 Å². The summed E-state index contributed by atoms with van der Waals surface area (Å²) in [7, 11) is 0. The number of nitro benzene ring substituents is 1. The Labute approximate surface area is 129 Å². The van der Waals surface area contributed by atoms with E-state index < -0.39 is 4.92 Å². The SMILES string of the molecule is O=c1c2ccc(Cl)cc2ncn1Cc1ccccc1[N+](=O)[O-]. The fraction of sp³-hybridized carbons (Fsp3) is 0.0667. The summed E-state index contributed by atoms with van der Waals surface area (Å²) in [6, 6.07) is 11.1. The van der Waals surface area contributed by atoms with E-state index in [1.165, 1.54) is 17.0 Å². The van der Waals surface area contributed by atoms with Crippen LogP contribution in [0, 0.1) is 10.1 Å². The number of aromatic nitrogens is 2. The van der Waals surface area contributed by atoms with Crippen LogP contribution in [0.25, 0.3) is 10.9 Å². The maximum Gasteiger partial charge on any atom is 0.274 e. The summed E-state index contributed by atoms with van der Waals surface area (Å²) in [6.45, 7) is 0.0849. The molecular weight excluding hydrogens is 306 g/mol. The van der Waals surface area contributed by atoms with Gasteiger partial charge < -0.3 is 0 Å². The normalized spacial score (nSPS) is 10.8. The maximum atomic E-state index is 12.4. The van der Waals surface area contributed by atoms with Gasteiger partial charge in [0.2, 0.25) is 0 Å². The van der Waals surface area contributed by atoms with E-state index in [0.717, 1.165) is 0 Å². The zero-order valence-corrected chi connectivity index (χ0v) is 12.0. The van der Waals surface area contributed by atoms with E-state index in [1.54, 1.807) is 36.4 Å². The van der Waals surface area contributed by atoms with Gasteiger partial charge in [-0.15, -0.1) is 0 Å². The molecule has 22 heavy (non-hydrogen) atoms. The van der Waals surface area contributed by atoms with Gasteiger partial charge in [-0.1, -0.05) is 29.8 Å². The average Bonchev–Trinajstić information content (AvgIpc) is 2.50. The molecule has 0 N–H and O–H groups in total. The first-order chi connectivity index (χ1) is 10.6. The molecule has 1 aromatic heterocycles. The smallest absolute Gasteiger partial charge is 0.274 e. The quantitative estimate of drug-likeness (QED) is 0.550. The molecule has 0 unspecified atom stereocenters. The molecule has 3 aromatic rings. The number of para-hydroxylation sites is 1. The van der Waals surface area contributed by atoms with E-state index in [1.807, 2.05) is 0 Å². The zero-order valence-electron chi connectivity index (χ0n) is 11.3. The summed E-state index contributed by atoms with van der Waals surface area (Å²) in [6.07, 6.45) is 1.37. The third-order valence-corrected chi connectivity index (χ3v) is 3.55. The van der Waals surface area contributed by atoms with Crippen LogP contribution in [0.1, 0.15) is 5.56 Å². The van der Waals surface area contributed by atoms with Crippen molar-refractivity contribution in [2.75, 3.05) is 0 Å². The number of rotatable bonds is 3. The lowest BCUT2D eigenvalue weighted by Gasteiger charge is -2.07. The third-order valence-electron chi connectivity index (χ3n) is 3.32. The highest BCUT2D eigenvalue weighted by atomic mass is 35.5. The molecule has 3 rings (SSSR count). The van der Waals surface area contributed by atoms with Crippen molar-refractivity contribution in [3.8, 4) is 0 Å². The average molecular weight is 316 g/mol. The molecule has 1 heterocycles. The number of hydrogen-bond donors (Lipinski definition) is 0. The molecule has 0 amide bonds. The van der Waals surface area contributed by atoms with Gasteiger partial charge >= 0.3 is 0 Å². The minimum absolute atomic E-state index is 0.0226. The fourth-order valence-corrected chi connectivity index (χ4v) is 2.42. The lowest BCUT2D eigenvalue weighted by atomic mass is 10.1. The van der Waals surface area contributed by atoms with Crippen molar-refractivity contribution in [3.05, 3.63) is 79.8 Å². The van der Waals surface area contributed by atoms with Gasteiger partial charge in [0.15, 0.2) is 0 Å². The van der Waals surface area contributed by atoms with Gasteiger partial charge in [-0.25, -0.2) is 4.98 Å². The number of benzene rings is 2. The van der Waals surface area contributed by atoms with Gasteiger partial charge in [0.1, 0.15) is 0 Å². The Balaban J connectivity index is 2.09. The molecule has 0 saturated heterocycles. The molecule has 0 spiro atoms. The highest BCUT2D eigenvalue weighted by Crippen LogP contribution is 2.19. The van der Waals surface area contributed by atoms with E-state index in [2.05, 4.69) is 4.98 Å². The van der Waals surface area contributed by atoms with E-state index >= 15 is 0 Å². The van der Waals surface area contributed by atoms with Gasteiger partial charge in [-0.2, -0.15) is 0 Å². The second-order valence-corrected chi connectivity index (χ2v) is 5.16. The minimum atomic E-state index is -0.464. The van der Waals surface area contributed by atoms with Gasteiger partial charge in [0.25, 0.3) is 11.2 Å². The second-order valence-electron chi connectivity index (χ2n) is 4.72. The van der Waals surface area contributed by atoms with Crippen LogP contribution in [-0.2, 0) is 6.54 Å². The van der Waals surface area contributed by atoms with Crippen LogP contribution in [-0.4, -0.2) is 14.5 Å². The van der Waals surface area contributed by atoms with Crippen LogP contribution in [0.15, 0.2) is 53.6 Å². The van der Waals surface area contributed by atoms with Gasteiger partial charge in [0, 0.05) is 16.7 Å². The van der Waals surface area contributed by atoms with Crippen molar-refractivity contribution in [1.82, 2.24) is 9.55 Å². The Hall–Kier alpha value is -2.73. The monoisotopic (exact) mass is 315 g/mol. The molecular formula is C15H10ClN3O3. The maximum absolute atomic E-state index is 12.4. The first-order valence-electron chi connectivity index (χ1n) is 6.43. The molecule has 0 aliphatic heterocycles. The summed E-state index contributed by atoms with van der Waals surface area (Å²) in [5.41, 5.74) is 0.659. The van der Waals surface area contributed by atoms with Crippen LogP contribution in [0.5, 0.6) is 0 Å². The van der Waals surface area contributed by atoms with Crippen LogP contribution in [0.3, 0.4) is 0 Å². The molecule has 7 heteroatoms. The first kappa shape index (κ1) is 14.2. The van der Waals surface area contributed by atoms with Crippen LogP contribution in [0.2, 0.25) is 5.02 Å². The highest BCUT2D eigenvalue weighted by Gasteiger charge is 2.14. The standard InChI is InChI=1S/C15H10ClN3O3/c16-11-5-6-12-13(7-11)17-9-18(15(12)20)8-10-3-1-2-4-14(10)19(21)22/h1-7,9H,8H2. The predicted octanol–water partition coefficient (Wildman–Crippen LogP) is 3.01. The second kappa shape index (κ2) is 5.57. The lowest BCUT2D eigenvalue weighted by molar-refractivity contribution is -0.385. The zero-order chi connectivity index (χ0) is 15.7. The molecule has 6 nitrogen and oxygen atoms in total. The Morgan fingerprint density at radius 3 is 2.77 bits per heavy atom. The largest absolute Gasteiger partial charge is 0.294 e. The molecule has 0 aliphatic rings. The summed E-state index contributed by atoms with van der Waals surface area (Å²) < 4.78 is 1.35. The van der Waals surface area contributed by atoms with E-state index in [-0.39, 0.29) is 17.8 Å². The van der Waals surface area contributed by atoms with Gasteiger partial charge in [-0.05, 0) is 18.2 Å². The summed E-state index contributed by atoms with van der Waals surface area (Å²) >= 11 is 5.87. The molecule has 0 aliphatic carbocycles. The Kier molecular flexibility index (Phi) is 3.60. The number of nitrogens with zero attached hydrogens (tertiary/aromatic N) is 3. The van der Waals surface area contributed by atoms with E-state index in [4.69, 9.17) is 11.6 Å². The lowest BCUT2D eigenvalue weighted by Crippen LogP contribution is -2.21. The van der Waals surface area contributed by atoms with E-state index in [0.29, 0.717) is 21.5 Å². The van der Waals surface area contributed by atoms with Crippen LogP contribution < -0.4 is 5.56 Å². The number of nitro groups is 1. The van der Waals surface area contributed by atoms with Gasteiger partial charge in [0.05, 0.1) is 28.7 Å². The number of halogens is 1. The van der Waals surface area contributed by atoms with Crippen LogP contribution >= 0.6 is 11.6 Å².